The Morgan fingerprint density at radius 2 is 2.00 bits per heavy atom. The van der Waals surface area contributed by atoms with Crippen LogP contribution in [0.4, 0.5) is 11.1 Å². The molecule has 0 radical (unpaired) electrons. The number of nitrogens with zero attached hydrogens (tertiary/aromatic N) is 2. The van der Waals surface area contributed by atoms with Crippen LogP contribution in [0.5, 0.6) is 0 Å². The van der Waals surface area contributed by atoms with Crippen molar-refractivity contribution in [1.29, 1.82) is 0 Å². The van der Waals surface area contributed by atoms with Crippen molar-refractivity contribution in [2.45, 2.75) is 13.3 Å². The molecular weight excluding hydrogens is 282 g/mol. The lowest BCUT2D eigenvalue weighted by Crippen LogP contribution is -1.88. The second-order valence-electron chi connectivity index (χ2n) is 4.79. The molecule has 4 nitrogen and oxygen atoms in total. The molecular formula is C16H13N3OS. The van der Waals surface area contributed by atoms with Crippen molar-refractivity contribution in [1.82, 2.24) is 9.97 Å². The van der Waals surface area contributed by atoms with E-state index >= 15 is 0 Å². The standard InChI is InChI=1S/C16H13N3OS/c1-2-10-7-8-13-12(9-10)17-15(20-13)19-16-18-11-5-3-4-6-14(11)21-16/h3-9H,2H2,1H3,(H,17,18,19). The Balaban J connectivity index is 1.69. The number of aryl methyl sites for hydroxylation is 1. The third kappa shape index (κ3) is 2.25. The van der Waals surface area contributed by atoms with Crippen molar-refractivity contribution in [2.75, 3.05) is 5.32 Å². The number of rotatable bonds is 3. The Kier molecular flexibility index (Phi) is 2.86. The molecule has 0 saturated heterocycles. The van der Waals surface area contributed by atoms with Crippen molar-refractivity contribution >= 4 is 43.8 Å². The molecule has 0 atom stereocenters. The van der Waals surface area contributed by atoms with Crippen LogP contribution in [0.1, 0.15) is 12.5 Å². The third-order valence-corrected chi connectivity index (χ3v) is 4.32. The Hall–Kier alpha value is -2.40. The Labute approximate surface area is 125 Å². The van der Waals surface area contributed by atoms with E-state index in [1.54, 1.807) is 11.3 Å². The van der Waals surface area contributed by atoms with Crippen LogP contribution in [-0.2, 0) is 6.42 Å². The fourth-order valence-corrected chi connectivity index (χ4v) is 3.12. The average Bonchev–Trinajstić information content (AvgIpc) is 3.08. The van der Waals surface area contributed by atoms with Gasteiger partial charge in [-0.3, -0.25) is 5.32 Å². The number of fused-ring (bicyclic) bond motifs is 2. The van der Waals surface area contributed by atoms with Crippen molar-refractivity contribution < 1.29 is 4.42 Å². The molecule has 0 aliphatic rings. The summed E-state index contributed by atoms with van der Waals surface area (Å²) in [5.41, 5.74) is 3.89. The molecule has 5 heteroatoms. The first-order valence-electron chi connectivity index (χ1n) is 6.84. The van der Waals surface area contributed by atoms with Crippen LogP contribution in [0.25, 0.3) is 21.3 Å². The largest absolute Gasteiger partial charge is 0.423 e. The van der Waals surface area contributed by atoms with Gasteiger partial charge in [0, 0.05) is 0 Å². The van der Waals surface area contributed by atoms with E-state index in [0.29, 0.717) is 6.01 Å². The minimum absolute atomic E-state index is 0.484. The number of benzene rings is 2. The summed E-state index contributed by atoms with van der Waals surface area (Å²) in [5, 5.41) is 3.94. The fourth-order valence-electron chi connectivity index (χ4n) is 2.26. The first-order valence-corrected chi connectivity index (χ1v) is 7.65. The summed E-state index contributed by atoms with van der Waals surface area (Å²) in [7, 11) is 0. The predicted molar refractivity (Wildman–Crippen MR) is 86.3 cm³/mol. The van der Waals surface area contributed by atoms with Crippen LogP contribution in [0, 0.1) is 0 Å². The van der Waals surface area contributed by atoms with Crippen LogP contribution in [0.2, 0.25) is 0 Å². The number of anilines is 2. The molecule has 4 aromatic rings. The third-order valence-electron chi connectivity index (χ3n) is 3.37. The number of hydrogen-bond acceptors (Lipinski definition) is 5. The average molecular weight is 295 g/mol. The van der Waals surface area contributed by atoms with Gasteiger partial charge in [0.2, 0.25) is 0 Å². The second-order valence-corrected chi connectivity index (χ2v) is 5.82. The monoisotopic (exact) mass is 295 g/mol. The van der Waals surface area contributed by atoms with Gasteiger partial charge in [-0.25, -0.2) is 4.98 Å². The first kappa shape index (κ1) is 12.3. The highest BCUT2D eigenvalue weighted by Crippen LogP contribution is 2.29. The van der Waals surface area contributed by atoms with E-state index in [1.807, 2.05) is 24.3 Å². The highest BCUT2D eigenvalue weighted by molar-refractivity contribution is 7.22. The van der Waals surface area contributed by atoms with Gasteiger partial charge in [0.25, 0.3) is 0 Å². The molecule has 2 aromatic carbocycles. The summed E-state index contributed by atoms with van der Waals surface area (Å²) in [6.45, 7) is 2.13. The van der Waals surface area contributed by atoms with E-state index in [-0.39, 0.29) is 0 Å². The van der Waals surface area contributed by atoms with Gasteiger partial charge in [-0.2, -0.15) is 4.98 Å². The van der Waals surface area contributed by atoms with Crippen molar-refractivity contribution in [2.24, 2.45) is 0 Å². The molecule has 2 heterocycles. The molecule has 2 aromatic heterocycles. The summed E-state index contributed by atoms with van der Waals surface area (Å²) >= 11 is 1.59. The molecule has 0 saturated carbocycles. The molecule has 0 bridgehead atoms. The molecule has 0 spiro atoms. The van der Waals surface area contributed by atoms with E-state index in [1.165, 1.54) is 5.56 Å². The molecule has 1 N–H and O–H groups in total. The molecule has 104 valence electrons. The summed E-state index contributed by atoms with van der Waals surface area (Å²) in [5.74, 6) is 0. The Morgan fingerprint density at radius 1 is 1.10 bits per heavy atom. The second kappa shape index (κ2) is 4.86. The lowest BCUT2D eigenvalue weighted by molar-refractivity contribution is 0.623. The topological polar surface area (TPSA) is 51.0 Å². The maximum atomic E-state index is 5.71. The van der Waals surface area contributed by atoms with Gasteiger partial charge < -0.3 is 4.42 Å². The van der Waals surface area contributed by atoms with Gasteiger partial charge >= 0.3 is 6.01 Å². The molecule has 0 aliphatic carbocycles. The van der Waals surface area contributed by atoms with Crippen molar-refractivity contribution in [3.8, 4) is 0 Å². The number of thiazole rings is 1. The van der Waals surface area contributed by atoms with Gasteiger partial charge in [0.15, 0.2) is 10.7 Å². The minimum atomic E-state index is 0.484. The highest BCUT2D eigenvalue weighted by Gasteiger charge is 2.09. The zero-order valence-corrected chi connectivity index (χ0v) is 12.3. The number of oxazole rings is 1. The summed E-state index contributed by atoms with van der Waals surface area (Å²) in [6, 6.07) is 14.6. The SMILES string of the molecule is CCc1ccc2oc(Nc3nc4ccccc4s3)nc2c1. The number of hydrogen-bond donors (Lipinski definition) is 1. The van der Waals surface area contributed by atoms with E-state index in [2.05, 4.69) is 40.4 Å². The summed E-state index contributed by atoms with van der Waals surface area (Å²) in [4.78, 5) is 8.99. The first-order chi connectivity index (χ1) is 10.3. The van der Waals surface area contributed by atoms with Gasteiger partial charge in [0.05, 0.1) is 10.2 Å². The Bertz CT molecular complexity index is 892. The quantitative estimate of drug-likeness (QED) is 0.593. The molecule has 0 unspecified atom stereocenters. The lowest BCUT2D eigenvalue weighted by atomic mass is 10.1. The molecule has 0 aliphatic heterocycles. The van der Waals surface area contributed by atoms with Crippen LogP contribution in [-0.4, -0.2) is 9.97 Å². The van der Waals surface area contributed by atoms with E-state index < -0.39 is 0 Å². The number of aromatic nitrogens is 2. The fraction of sp³-hybridized carbons (Fsp3) is 0.125. The van der Waals surface area contributed by atoms with Gasteiger partial charge in [-0.15, -0.1) is 0 Å². The molecule has 0 fully saturated rings. The number of para-hydroxylation sites is 1. The van der Waals surface area contributed by atoms with Crippen LogP contribution < -0.4 is 5.32 Å². The van der Waals surface area contributed by atoms with Gasteiger partial charge in [-0.05, 0) is 36.2 Å². The molecule has 0 amide bonds. The van der Waals surface area contributed by atoms with Crippen molar-refractivity contribution in [3.05, 3.63) is 48.0 Å². The normalized spacial score (nSPS) is 11.3. The summed E-state index contributed by atoms with van der Waals surface area (Å²) in [6.07, 6.45) is 0.990. The zero-order valence-electron chi connectivity index (χ0n) is 11.5. The van der Waals surface area contributed by atoms with Gasteiger partial charge in [-0.1, -0.05) is 36.5 Å². The predicted octanol–water partition coefficient (Wildman–Crippen LogP) is 4.74. The van der Waals surface area contributed by atoms with Crippen LogP contribution in [0.15, 0.2) is 46.9 Å². The number of nitrogens with one attached hydrogen (secondary N) is 1. The smallest absolute Gasteiger partial charge is 0.302 e. The maximum Gasteiger partial charge on any atom is 0.302 e. The minimum Gasteiger partial charge on any atom is -0.423 e. The van der Waals surface area contributed by atoms with E-state index in [9.17, 15) is 0 Å². The van der Waals surface area contributed by atoms with Crippen molar-refractivity contribution in [3.63, 3.8) is 0 Å². The molecule has 21 heavy (non-hydrogen) atoms. The zero-order chi connectivity index (χ0) is 14.2. The Morgan fingerprint density at radius 3 is 2.86 bits per heavy atom. The molecule has 4 rings (SSSR count). The maximum absolute atomic E-state index is 5.71. The highest BCUT2D eigenvalue weighted by atomic mass is 32.1. The van der Waals surface area contributed by atoms with Gasteiger partial charge in [0.1, 0.15) is 5.52 Å². The van der Waals surface area contributed by atoms with E-state index in [0.717, 1.165) is 32.9 Å². The van der Waals surface area contributed by atoms with Crippen LogP contribution in [0.3, 0.4) is 0 Å². The van der Waals surface area contributed by atoms with Crippen LogP contribution >= 0.6 is 11.3 Å². The lowest BCUT2D eigenvalue weighted by Gasteiger charge is -1.92. The summed E-state index contributed by atoms with van der Waals surface area (Å²) < 4.78 is 6.85. The van der Waals surface area contributed by atoms with E-state index in [4.69, 9.17) is 4.42 Å².